The molecule has 23 heavy (non-hydrogen) atoms. The minimum absolute atomic E-state index is 0.399. The van der Waals surface area contributed by atoms with Gasteiger partial charge in [-0.25, -0.2) is 0 Å². The number of fused-ring (bicyclic) bond motifs is 1. The maximum absolute atomic E-state index is 10.4. The SMILES string of the molecule is Cc1ccc(C(C)CNCC(O)c2occ3ccccc23)cc1. The average molecular weight is 309 g/mol. The van der Waals surface area contributed by atoms with Gasteiger partial charge < -0.3 is 14.8 Å². The van der Waals surface area contributed by atoms with Crippen LogP contribution in [0.2, 0.25) is 0 Å². The number of furan rings is 1. The lowest BCUT2D eigenvalue weighted by atomic mass is 10.00. The predicted molar refractivity (Wildman–Crippen MR) is 93.6 cm³/mol. The quantitative estimate of drug-likeness (QED) is 0.718. The zero-order valence-corrected chi connectivity index (χ0v) is 13.6. The molecule has 0 amide bonds. The summed E-state index contributed by atoms with van der Waals surface area (Å²) in [6, 6.07) is 16.5. The Hall–Kier alpha value is -2.10. The largest absolute Gasteiger partial charge is 0.465 e. The second-order valence-corrected chi connectivity index (χ2v) is 6.17. The van der Waals surface area contributed by atoms with Gasteiger partial charge in [0.1, 0.15) is 11.9 Å². The average Bonchev–Trinajstić information content (AvgIpc) is 2.99. The standard InChI is InChI=1S/C20H23NO2/c1-14-7-9-16(10-8-14)15(2)11-21-12-19(22)20-18-6-4-3-5-17(18)13-23-20/h3-10,13,15,19,21-22H,11-12H2,1-2H3. The van der Waals surface area contributed by atoms with Crippen molar-refractivity contribution in [3.8, 4) is 0 Å². The number of aliphatic hydroxyl groups excluding tert-OH is 1. The fraction of sp³-hybridized carbons (Fsp3) is 0.300. The number of nitrogens with one attached hydrogen (secondary N) is 1. The molecule has 1 heterocycles. The summed E-state index contributed by atoms with van der Waals surface area (Å²) in [7, 11) is 0. The first-order valence-corrected chi connectivity index (χ1v) is 8.06. The van der Waals surface area contributed by atoms with E-state index in [4.69, 9.17) is 4.42 Å². The second kappa shape index (κ2) is 6.99. The van der Waals surface area contributed by atoms with Crippen molar-refractivity contribution in [1.29, 1.82) is 0 Å². The van der Waals surface area contributed by atoms with Crippen molar-refractivity contribution in [3.63, 3.8) is 0 Å². The number of aryl methyl sites for hydroxylation is 1. The molecule has 0 saturated carbocycles. The molecule has 0 spiro atoms. The van der Waals surface area contributed by atoms with Gasteiger partial charge in [-0.1, -0.05) is 61.0 Å². The van der Waals surface area contributed by atoms with E-state index in [1.807, 2.05) is 24.3 Å². The summed E-state index contributed by atoms with van der Waals surface area (Å²) in [5.74, 6) is 1.03. The Bertz CT molecular complexity index is 761. The summed E-state index contributed by atoms with van der Waals surface area (Å²) in [5.41, 5.74) is 2.58. The Morgan fingerprint density at radius 2 is 1.78 bits per heavy atom. The molecule has 2 atom stereocenters. The molecule has 3 rings (SSSR count). The van der Waals surface area contributed by atoms with E-state index >= 15 is 0 Å². The summed E-state index contributed by atoms with van der Waals surface area (Å²) in [6.45, 7) is 5.58. The molecule has 0 aliphatic rings. The van der Waals surface area contributed by atoms with Crippen LogP contribution in [0.1, 0.15) is 35.8 Å². The van der Waals surface area contributed by atoms with E-state index in [9.17, 15) is 5.11 Å². The Morgan fingerprint density at radius 1 is 1.04 bits per heavy atom. The van der Waals surface area contributed by atoms with Crippen LogP contribution in [0, 0.1) is 6.92 Å². The number of hydrogen-bond acceptors (Lipinski definition) is 3. The highest BCUT2D eigenvalue weighted by atomic mass is 16.4. The molecule has 1 aromatic heterocycles. The summed E-state index contributed by atoms with van der Waals surface area (Å²) in [6.07, 6.45) is 1.06. The van der Waals surface area contributed by atoms with E-state index in [1.54, 1.807) is 6.26 Å². The number of rotatable bonds is 6. The van der Waals surface area contributed by atoms with Crippen molar-refractivity contribution >= 4 is 10.8 Å². The van der Waals surface area contributed by atoms with Gasteiger partial charge in [0.05, 0.1) is 6.26 Å². The van der Waals surface area contributed by atoms with E-state index < -0.39 is 6.10 Å². The molecule has 2 unspecified atom stereocenters. The van der Waals surface area contributed by atoms with Crippen molar-refractivity contribution in [2.45, 2.75) is 25.9 Å². The molecule has 2 aromatic carbocycles. The molecule has 2 N–H and O–H groups in total. The third kappa shape index (κ3) is 3.63. The number of benzene rings is 2. The van der Waals surface area contributed by atoms with Gasteiger partial charge in [-0.05, 0) is 18.4 Å². The second-order valence-electron chi connectivity index (χ2n) is 6.17. The van der Waals surface area contributed by atoms with Gasteiger partial charge in [0, 0.05) is 23.9 Å². The van der Waals surface area contributed by atoms with Crippen LogP contribution in [-0.2, 0) is 0 Å². The first-order valence-electron chi connectivity index (χ1n) is 8.06. The highest BCUT2D eigenvalue weighted by Gasteiger charge is 2.15. The normalized spacial score (nSPS) is 14.0. The van der Waals surface area contributed by atoms with Crippen LogP contribution in [0.25, 0.3) is 10.8 Å². The van der Waals surface area contributed by atoms with Gasteiger partial charge in [0.15, 0.2) is 0 Å². The highest BCUT2D eigenvalue weighted by molar-refractivity contribution is 5.84. The van der Waals surface area contributed by atoms with Gasteiger partial charge in [-0.3, -0.25) is 0 Å². The van der Waals surface area contributed by atoms with Crippen LogP contribution < -0.4 is 5.32 Å². The lowest BCUT2D eigenvalue weighted by Gasteiger charge is -2.15. The van der Waals surface area contributed by atoms with Gasteiger partial charge in [0.2, 0.25) is 0 Å². The van der Waals surface area contributed by atoms with Crippen molar-refractivity contribution in [3.05, 3.63) is 71.7 Å². The molecular formula is C20H23NO2. The van der Waals surface area contributed by atoms with E-state index in [0.29, 0.717) is 18.2 Å². The third-order valence-corrected chi connectivity index (χ3v) is 4.28. The molecule has 0 aliphatic heterocycles. The molecule has 0 aliphatic carbocycles. The smallest absolute Gasteiger partial charge is 0.141 e. The molecular weight excluding hydrogens is 286 g/mol. The number of hydrogen-bond donors (Lipinski definition) is 2. The monoisotopic (exact) mass is 309 g/mol. The molecule has 120 valence electrons. The fourth-order valence-corrected chi connectivity index (χ4v) is 2.81. The predicted octanol–water partition coefficient (Wildman–Crippen LogP) is 4.17. The fourth-order valence-electron chi connectivity index (χ4n) is 2.81. The number of aliphatic hydroxyl groups is 1. The summed E-state index contributed by atoms with van der Waals surface area (Å²) >= 11 is 0. The Labute approximate surface area is 136 Å². The Balaban J connectivity index is 1.57. The maximum atomic E-state index is 10.4. The molecule has 3 aromatic rings. The van der Waals surface area contributed by atoms with E-state index in [-0.39, 0.29) is 0 Å². The van der Waals surface area contributed by atoms with Gasteiger partial charge in [0.25, 0.3) is 0 Å². The summed E-state index contributed by atoms with van der Waals surface area (Å²) < 4.78 is 5.54. The zero-order chi connectivity index (χ0) is 16.2. The molecule has 0 saturated heterocycles. The topological polar surface area (TPSA) is 45.4 Å². The van der Waals surface area contributed by atoms with Crippen molar-refractivity contribution in [2.75, 3.05) is 13.1 Å². The van der Waals surface area contributed by atoms with Crippen LogP contribution in [0.4, 0.5) is 0 Å². The first-order chi connectivity index (χ1) is 11.1. The van der Waals surface area contributed by atoms with Gasteiger partial charge in [-0.15, -0.1) is 0 Å². The molecule has 0 radical (unpaired) electrons. The van der Waals surface area contributed by atoms with Crippen molar-refractivity contribution in [2.24, 2.45) is 0 Å². The molecule has 0 fully saturated rings. The van der Waals surface area contributed by atoms with Gasteiger partial charge >= 0.3 is 0 Å². The van der Waals surface area contributed by atoms with Crippen LogP contribution in [0.5, 0.6) is 0 Å². The van der Waals surface area contributed by atoms with Crippen molar-refractivity contribution < 1.29 is 9.52 Å². The van der Waals surface area contributed by atoms with Crippen molar-refractivity contribution in [1.82, 2.24) is 5.32 Å². The lowest BCUT2D eigenvalue weighted by Crippen LogP contribution is -2.25. The minimum Gasteiger partial charge on any atom is -0.465 e. The van der Waals surface area contributed by atoms with Crippen LogP contribution >= 0.6 is 0 Å². The minimum atomic E-state index is -0.639. The molecule has 0 bridgehead atoms. The maximum Gasteiger partial charge on any atom is 0.141 e. The van der Waals surface area contributed by atoms with Gasteiger partial charge in [-0.2, -0.15) is 0 Å². The zero-order valence-electron chi connectivity index (χ0n) is 13.6. The van der Waals surface area contributed by atoms with Crippen LogP contribution in [0.3, 0.4) is 0 Å². The lowest BCUT2D eigenvalue weighted by molar-refractivity contribution is 0.149. The molecule has 3 heteroatoms. The Morgan fingerprint density at radius 3 is 2.57 bits per heavy atom. The summed E-state index contributed by atoms with van der Waals surface area (Å²) in [4.78, 5) is 0. The van der Waals surface area contributed by atoms with Crippen LogP contribution in [-0.4, -0.2) is 18.2 Å². The van der Waals surface area contributed by atoms with E-state index in [2.05, 4.69) is 43.4 Å². The summed E-state index contributed by atoms with van der Waals surface area (Å²) in [5, 5.41) is 15.7. The molecule has 3 nitrogen and oxygen atoms in total. The first kappa shape index (κ1) is 15.8. The van der Waals surface area contributed by atoms with E-state index in [0.717, 1.165) is 17.3 Å². The Kier molecular flexibility index (Phi) is 4.79. The van der Waals surface area contributed by atoms with Crippen LogP contribution in [0.15, 0.2) is 59.2 Å². The third-order valence-electron chi connectivity index (χ3n) is 4.28. The highest BCUT2D eigenvalue weighted by Crippen LogP contribution is 2.26. The van der Waals surface area contributed by atoms with E-state index in [1.165, 1.54) is 11.1 Å².